The van der Waals surface area contributed by atoms with Gasteiger partial charge in [-0.2, -0.15) is 0 Å². The summed E-state index contributed by atoms with van der Waals surface area (Å²) in [5.41, 5.74) is 0. The minimum Gasteiger partial charge on any atom is -0.256 e. The summed E-state index contributed by atoms with van der Waals surface area (Å²) >= 11 is 7.58. The topological polar surface area (TPSA) is 35.5 Å². The molecule has 0 rings (SSSR count). The van der Waals surface area contributed by atoms with Crippen LogP contribution in [-0.4, -0.2) is 3.23 Å². The Kier molecular flexibility index (Phi) is 8.36. The Morgan fingerprint density at radius 2 is 1.33 bits per heavy atom. The Morgan fingerprint density at radius 1 is 1.07 bits per heavy atom. The van der Waals surface area contributed by atoms with Crippen molar-refractivity contribution in [3.8, 4) is 0 Å². The second-order valence-corrected chi connectivity index (χ2v) is 14.9. The van der Waals surface area contributed by atoms with Crippen LogP contribution in [0.15, 0.2) is 0 Å². The van der Waals surface area contributed by atoms with Gasteiger partial charge in [-0.25, -0.2) is 4.57 Å². The second kappa shape index (κ2) is 6.96. The summed E-state index contributed by atoms with van der Waals surface area (Å²) in [6.45, 7) is 3.64. The van der Waals surface area contributed by atoms with Crippen LogP contribution in [0.2, 0.25) is 0 Å². The lowest BCUT2D eigenvalue weighted by atomic mass is 10.5. The van der Waals surface area contributed by atoms with Gasteiger partial charge in [-0.1, -0.05) is 13.8 Å². The van der Waals surface area contributed by atoms with E-state index in [1.807, 2.05) is 104 Å². The maximum absolute atomic E-state index is 13.5. The third-order valence-corrected chi connectivity index (χ3v) is 7.69. The molecule has 92 valence electrons. The summed E-state index contributed by atoms with van der Waals surface area (Å²) in [7, 11) is -4.50. The van der Waals surface area contributed by atoms with Crippen LogP contribution in [0.4, 0.5) is 4.20 Å². The zero-order valence-electron chi connectivity index (χ0n) is 7.98. The fourth-order valence-electron chi connectivity index (χ4n) is 0.467. The molecular weight excluding hydrogens is 678 g/mol. The fourth-order valence-corrected chi connectivity index (χ4v) is 4.22. The molecule has 0 saturated heterocycles. The molecule has 0 heterocycles. The van der Waals surface area contributed by atoms with Crippen molar-refractivity contribution < 1.29 is 17.8 Å². The number of alkyl halides is 4. The highest BCUT2D eigenvalue weighted by Gasteiger charge is 2.41. The standard InChI is InChI=1S/C6H10FI4O3P/c1-3-5(8,9)13-15(7,12)14-6(10,11)4-2/h3-4H2,1-2H3. The van der Waals surface area contributed by atoms with Crippen LogP contribution in [0.25, 0.3) is 0 Å². The number of rotatable bonds is 6. The van der Waals surface area contributed by atoms with E-state index in [0.717, 1.165) is 0 Å². The van der Waals surface area contributed by atoms with Crippen molar-refractivity contribution in [3.05, 3.63) is 0 Å². The molecule has 0 aliphatic carbocycles. The minimum atomic E-state index is -4.50. The van der Waals surface area contributed by atoms with Gasteiger partial charge >= 0.3 is 7.91 Å². The van der Waals surface area contributed by atoms with E-state index >= 15 is 0 Å². The van der Waals surface area contributed by atoms with Gasteiger partial charge in [0, 0.05) is 0 Å². The summed E-state index contributed by atoms with van der Waals surface area (Å²) in [4.78, 5) is 0. The monoisotopic (exact) mass is 688 g/mol. The van der Waals surface area contributed by atoms with E-state index in [2.05, 4.69) is 0 Å². The molecule has 0 atom stereocenters. The predicted octanol–water partition coefficient (Wildman–Crippen LogP) is 5.96. The van der Waals surface area contributed by atoms with Gasteiger partial charge in [-0.05, 0) is 103 Å². The van der Waals surface area contributed by atoms with Crippen LogP contribution in [0, 0.1) is 0 Å². The lowest BCUT2D eigenvalue weighted by Gasteiger charge is -2.25. The Morgan fingerprint density at radius 3 is 1.53 bits per heavy atom. The quantitative estimate of drug-likeness (QED) is 0.197. The molecule has 0 aromatic rings. The highest BCUT2D eigenvalue weighted by molar-refractivity contribution is 14.2. The van der Waals surface area contributed by atoms with Crippen LogP contribution in [0.3, 0.4) is 0 Å². The zero-order valence-corrected chi connectivity index (χ0v) is 17.5. The highest BCUT2D eigenvalue weighted by Crippen LogP contribution is 2.61. The summed E-state index contributed by atoms with van der Waals surface area (Å²) in [6.07, 6.45) is 1.07. The molecule has 0 aliphatic rings. The fraction of sp³-hybridized carbons (Fsp3) is 1.00. The molecule has 0 fully saturated rings. The number of hydrogen-bond acceptors (Lipinski definition) is 3. The summed E-state index contributed by atoms with van der Waals surface area (Å²) in [6, 6.07) is 0. The lowest BCUT2D eigenvalue weighted by Crippen LogP contribution is -2.17. The van der Waals surface area contributed by atoms with Crippen molar-refractivity contribution in [1.82, 2.24) is 0 Å². The SMILES string of the molecule is CCC(I)(I)OP(=O)(F)OC(I)(I)CC. The summed E-state index contributed by atoms with van der Waals surface area (Å²) in [5, 5.41) is 0. The number of hydrogen-bond donors (Lipinski definition) is 0. The molecule has 3 nitrogen and oxygen atoms in total. The van der Waals surface area contributed by atoms with Crippen LogP contribution >= 0.6 is 98.3 Å². The molecule has 0 saturated carbocycles. The first-order valence-electron chi connectivity index (χ1n) is 4.00. The first-order chi connectivity index (χ1) is 6.54. The highest BCUT2D eigenvalue weighted by atomic mass is 127. The van der Waals surface area contributed by atoms with E-state index < -0.39 is 11.1 Å². The third kappa shape index (κ3) is 8.67. The molecular formula is C6H10FI4O3P. The van der Waals surface area contributed by atoms with E-state index in [1.54, 1.807) is 0 Å². The van der Waals surface area contributed by atoms with Crippen molar-refractivity contribution in [2.24, 2.45) is 0 Å². The van der Waals surface area contributed by atoms with Crippen LogP contribution in [-0.2, 0) is 13.6 Å². The van der Waals surface area contributed by atoms with Gasteiger partial charge in [0.2, 0.25) is 0 Å². The Hall–Kier alpha value is 3.00. The molecule has 9 heteroatoms. The number of halogens is 5. The third-order valence-electron chi connectivity index (χ3n) is 1.31. The van der Waals surface area contributed by atoms with Crippen LogP contribution < -0.4 is 0 Å². The molecule has 0 radical (unpaired) electrons. The van der Waals surface area contributed by atoms with E-state index in [9.17, 15) is 8.76 Å². The average molecular weight is 688 g/mol. The van der Waals surface area contributed by atoms with Gasteiger partial charge < -0.3 is 0 Å². The molecule has 0 spiro atoms. The van der Waals surface area contributed by atoms with E-state index in [1.165, 1.54) is 0 Å². The van der Waals surface area contributed by atoms with E-state index in [-0.39, 0.29) is 0 Å². The van der Waals surface area contributed by atoms with Gasteiger partial charge in [-0.15, -0.1) is 4.20 Å². The molecule has 0 aromatic carbocycles. The molecule has 0 unspecified atom stereocenters. The van der Waals surface area contributed by atoms with Crippen LogP contribution in [0.5, 0.6) is 0 Å². The molecule has 0 amide bonds. The molecule has 0 N–H and O–H groups in total. The van der Waals surface area contributed by atoms with Crippen molar-refractivity contribution in [1.29, 1.82) is 0 Å². The van der Waals surface area contributed by atoms with Gasteiger partial charge in [0.15, 0.2) is 3.23 Å². The predicted molar refractivity (Wildman–Crippen MR) is 93.0 cm³/mol. The van der Waals surface area contributed by atoms with Crippen molar-refractivity contribution in [2.45, 2.75) is 29.9 Å². The Bertz CT molecular complexity index is 239. The summed E-state index contributed by atoms with van der Waals surface area (Å²) in [5.74, 6) is 0. The van der Waals surface area contributed by atoms with Gasteiger partial charge in [-0.3, -0.25) is 9.05 Å². The molecule has 0 aliphatic heterocycles. The van der Waals surface area contributed by atoms with Gasteiger partial charge in [0.25, 0.3) is 0 Å². The minimum absolute atomic E-state index is 0.535. The normalized spacial score (nSPS) is 14.3. The molecule has 0 aromatic heterocycles. The van der Waals surface area contributed by atoms with E-state index in [4.69, 9.17) is 9.05 Å². The second-order valence-electron chi connectivity index (χ2n) is 2.59. The first kappa shape index (κ1) is 18.0. The zero-order chi connectivity index (χ0) is 12.3. The van der Waals surface area contributed by atoms with Gasteiger partial charge in [0.1, 0.15) is 0 Å². The molecule has 0 bridgehead atoms. The van der Waals surface area contributed by atoms with Crippen molar-refractivity contribution in [2.75, 3.05) is 0 Å². The van der Waals surface area contributed by atoms with Crippen LogP contribution in [0.1, 0.15) is 26.7 Å². The van der Waals surface area contributed by atoms with Crippen molar-refractivity contribution >= 4 is 98.3 Å². The van der Waals surface area contributed by atoms with Gasteiger partial charge in [0.05, 0.1) is 0 Å². The molecule has 15 heavy (non-hydrogen) atoms. The maximum Gasteiger partial charge on any atom is 0.517 e. The van der Waals surface area contributed by atoms with Crippen molar-refractivity contribution in [3.63, 3.8) is 0 Å². The largest absolute Gasteiger partial charge is 0.517 e. The average Bonchev–Trinajstić information content (AvgIpc) is 2.00. The maximum atomic E-state index is 13.5. The summed E-state index contributed by atoms with van der Waals surface area (Å²) < 4.78 is 33.0. The Labute approximate surface area is 144 Å². The van der Waals surface area contributed by atoms with E-state index in [0.29, 0.717) is 12.8 Å². The lowest BCUT2D eigenvalue weighted by molar-refractivity contribution is 0.150. The smallest absolute Gasteiger partial charge is 0.256 e. The first-order valence-corrected chi connectivity index (χ1v) is 9.75. The Balaban J connectivity index is 4.51.